The monoisotopic (exact) mass is 222 g/mol. The minimum Gasteiger partial charge on any atom is -0.508 e. The highest BCUT2D eigenvalue weighted by Crippen LogP contribution is 2.22. The van der Waals surface area contributed by atoms with Crippen LogP contribution in [0.3, 0.4) is 0 Å². The average Bonchev–Trinajstić information content (AvgIpc) is 2.27. The fraction of sp³-hybridized carbons (Fsp3) is 0.250. The van der Waals surface area contributed by atoms with Gasteiger partial charge in [-0.1, -0.05) is 6.08 Å². The zero-order valence-corrected chi connectivity index (χ0v) is 9.10. The number of methoxy groups -OCH3 is 1. The predicted octanol–water partition coefficient (Wildman–Crippen LogP) is 2.13. The van der Waals surface area contributed by atoms with Gasteiger partial charge in [-0.3, -0.25) is 0 Å². The van der Waals surface area contributed by atoms with Crippen LogP contribution in [0, 0.1) is 0 Å². The molecule has 0 amide bonds. The molecule has 0 atom stereocenters. The van der Waals surface area contributed by atoms with Crippen LogP contribution >= 0.6 is 0 Å². The number of aromatic hydroxyl groups is 1. The molecule has 0 saturated carbocycles. The molecule has 0 spiro atoms. The van der Waals surface area contributed by atoms with Crippen molar-refractivity contribution in [2.75, 3.05) is 13.7 Å². The molecule has 0 bridgehead atoms. The van der Waals surface area contributed by atoms with E-state index in [9.17, 15) is 9.90 Å². The highest BCUT2D eigenvalue weighted by Gasteiger charge is 2.08. The summed E-state index contributed by atoms with van der Waals surface area (Å²) in [4.78, 5) is 11.2. The lowest BCUT2D eigenvalue weighted by Gasteiger charge is -2.07. The SMILES string of the molecule is C=CCCOc1cc(O)cc(C(=O)OC)c1. The molecule has 16 heavy (non-hydrogen) atoms. The number of carbonyl (C=O) groups is 1. The molecule has 0 radical (unpaired) electrons. The van der Waals surface area contributed by atoms with Gasteiger partial charge in [-0.15, -0.1) is 6.58 Å². The standard InChI is InChI=1S/C12H14O4/c1-3-4-5-16-11-7-9(12(14)15-2)6-10(13)8-11/h3,6-8,13H,1,4-5H2,2H3. The molecule has 0 aliphatic rings. The van der Waals surface area contributed by atoms with Crippen molar-refractivity contribution in [3.8, 4) is 11.5 Å². The van der Waals surface area contributed by atoms with E-state index < -0.39 is 5.97 Å². The van der Waals surface area contributed by atoms with Gasteiger partial charge in [0.05, 0.1) is 19.3 Å². The lowest BCUT2D eigenvalue weighted by atomic mass is 10.2. The normalized spacial score (nSPS) is 9.56. The molecule has 0 aliphatic carbocycles. The van der Waals surface area contributed by atoms with Gasteiger partial charge in [0.2, 0.25) is 0 Å². The number of ether oxygens (including phenoxy) is 2. The summed E-state index contributed by atoms with van der Waals surface area (Å²) in [5.74, 6) is -0.108. The molecule has 4 heteroatoms. The lowest BCUT2D eigenvalue weighted by Crippen LogP contribution is -2.02. The Morgan fingerprint density at radius 1 is 1.50 bits per heavy atom. The average molecular weight is 222 g/mol. The summed E-state index contributed by atoms with van der Waals surface area (Å²) in [5.41, 5.74) is 0.260. The fourth-order valence-corrected chi connectivity index (χ4v) is 1.16. The number of hydrogen-bond donors (Lipinski definition) is 1. The fourth-order valence-electron chi connectivity index (χ4n) is 1.16. The van der Waals surface area contributed by atoms with Crippen molar-refractivity contribution in [3.05, 3.63) is 36.4 Å². The Morgan fingerprint density at radius 3 is 2.88 bits per heavy atom. The summed E-state index contributed by atoms with van der Waals surface area (Å²) >= 11 is 0. The van der Waals surface area contributed by atoms with E-state index in [0.29, 0.717) is 18.8 Å². The van der Waals surface area contributed by atoms with Gasteiger partial charge >= 0.3 is 5.97 Å². The lowest BCUT2D eigenvalue weighted by molar-refractivity contribution is 0.0599. The molecule has 86 valence electrons. The van der Waals surface area contributed by atoms with Crippen LogP contribution < -0.4 is 4.74 Å². The molecule has 0 aromatic heterocycles. The summed E-state index contributed by atoms with van der Waals surface area (Å²) in [5, 5.41) is 9.39. The van der Waals surface area contributed by atoms with Crippen molar-refractivity contribution in [2.45, 2.75) is 6.42 Å². The van der Waals surface area contributed by atoms with E-state index in [1.54, 1.807) is 6.08 Å². The summed E-state index contributed by atoms with van der Waals surface area (Å²) < 4.78 is 9.87. The molecule has 0 saturated heterocycles. The van der Waals surface area contributed by atoms with Crippen molar-refractivity contribution in [2.24, 2.45) is 0 Å². The first kappa shape index (κ1) is 12.1. The quantitative estimate of drug-likeness (QED) is 0.471. The zero-order valence-electron chi connectivity index (χ0n) is 9.10. The molecular weight excluding hydrogens is 208 g/mol. The molecule has 1 aromatic rings. The summed E-state index contributed by atoms with van der Waals surface area (Å²) in [6.07, 6.45) is 2.42. The van der Waals surface area contributed by atoms with Gasteiger partial charge in [-0.2, -0.15) is 0 Å². The Bertz CT molecular complexity index is 385. The third-order valence-corrected chi connectivity index (χ3v) is 1.90. The highest BCUT2D eigenvalue weighted by molar-refractivity contribution is 5.90. The summed E-state index contributed by atoms with van der Waals surface area (Å²) in [7, 11) is 1.28. The number of rotatable bonds is 5. The van der Waals surface area contributed by atoms with Crippen molar-refractivity contribution < 1.29 is 19.4 Å². The summed E-state index contributed by atoms with van der Waals surface area (Å²) in [6.45, 7) is 4.02. The molecule has 0 heterocycles. The Morgan fingerprint density at radius 2 is 2.25 bits per heavy atom. The Hall–Kier alpha value is -1.97. The number of carbonyl (C=O) groups excluding carboxylic acids is 1. The summed E-state index contributed by atoms with van der Waals surface area (Å²) in [6, 6.07) is 4.29. The predicted molar refractivity (Wildman–Crippen MR) is 59.8 cm³/mol. The number of hydrogen-bond acceptors (Lipinski definition) is 4. The zero-order chi connectivity index (χ0) is 12.0. The van der Waals surface area contributed by atoms with E-state index in [-0.39, 0.29) is 11.3 Å². The van der Waals surface area contributed by atoms with Crippen LogP contribution in [-0.4, -0.2) is 24.8 Å². The second-order valence-corrected chi connectivity index (χ2v) is 3.13. The molecule has 1 rings (SSSR count). The van der Waals surface area contributed by atoms with Gasteiger partial charge < -0.3 is 14.6 Å². The number of phenols is 1. The number of phenolic OH excluding ortho intramolecular Hbond substituents is 1. The third-order valence-electron chi connectivity index (χ3n) is 1.90. The first-order valence-electron chi connectivity index (χ1n) is 4.83. The van der Waals surface area contributed by atoms with Crippen molar-refractivity contribution in [1.82, 2.24) is 0 Å². The van der Waals surface area contributed by atoms with Crippen LogP contribution in [0.15, 0.2) is 30.9 Å². The molecule has 1 aromatic carbocycles. The van der Waals surface area contributed by atoms with Gasteiger partial charge in [-0.05, 0) is 18.6 Å². The second kappa shape index (κ2) is 5.80. The minimum absolute atomic E-state index is 0.0310. The maximum absolute atomic E-state index is 11.2. The number of esters is 1. The van der Waals surface area contributed by atoms with Crippen molar-refractivity contribution in [1.29, 1.82) is 0 Å². The Labute approximate surface area is 94.1 Å². The highest BCUT2D eigenvalue weighted by atomic mass is 16.5. The van der Waals surface area contributed by atoms with Crippen LogP contribution in [0.25, 0.3) is 0 Å². The van der Waals surface area contributed by atoms with E-state index in [2.05, 4.69) is 11.3 Å². The molecule has 4 nitrogen and oxygen atoms in total. The van der Waals surface area contributed by atoms with Crippen LogP contribution in [0.2, 0.25) is 0 Å². The second-order valence-electron chi connectivity index (χ2n) is 3.13. The third kappa shape index (κ3) is 3.31. The maximum atomic E-state index is 11.2. The van der Waals surface area contributed by atoms with E-state index in [1.165, 1.54) is 25.3 Å². The first-order chi connectivity index (χ1) is 7.67. The Balaban J connectivity index is 2.81. The van der Waals surface area contributed by atoms with Crippen LogP contribution in [0.1, 0.15) is 16.8 Å². The van der Waals surface area contributed by atoms with Gasteiger partial charge in [0.1, 0.15) is 11.5 Å². The number of benzene rings is 1. The minimum atomic E-state index is -0.510. The van der Waals surface area contributed by atoms with E-state index in [4.69, 9.17) is 4.74 Å². The van der Waals surface area contributed by atoms with Crippen LogP contribution in [0.5, 0.6) is 11.5 Å². The molecule has 0 unspecified atom stereocenters. The van der Waals surface area contributed by atoms with Gasteiger partial charge in [0.15, 0.2) is 0 Å². The van der Waals surface area contributed by atoms with E-state index in [1.807, 2.05) is 0 Å². The van der Waals surface area contributed by atoms with Gasteiger partial charge in [0.25, 0.3) is 0 Å². The maximum Gasteiger partial charge on any atom is 0.338 e. The van der Waals surface area contributed by atoms with Crippen LogP contribution in [0.4, 0.5) is 0 Å². The molecule has 1 N–H and O–H groups in total. The molecular formula is C12H14O4. The molecule has 0 aliphatic heterocycles. The van der Waals surface area contributed by atoms with Crippen molar-refractivity contribution in [3.63, 3.8) is 0 Å². The van der Waals surface area contributed by atoms with Gasteiger partial charge in [-0.25, -0.2) is 4.79 Å². The van der Waals surface area contributed by atoms with E-state index in [0.717, 1.165) is 0 Å². The van der Waals surface area contributed by atoms with E-state index >= 15 is 0 Å². The largest absolute Gasteiger partial charge is 0.508 e. The smallest absolute Gasteiger partial charge is 0.338 e. The van der Waals surface area contributed by atoms with Crippen LogP contribution in [-0.2, 0) is 4.74 Å². The van der Waals surface area contributed by atoms with Gasteiger partial charge in [0, 0.05) is 6.07 Å². The topological polar surface area (TPSA) is 55.8 Å². The van der Waals surface area contributed by atoms with Crippen molar-refractivity contribution >= 4 is 5.97 Å². The Kier molecular flexibility index (Phi) is 4.39. The molecule has 0 fully saturated rings. The first-order valence-corrected chi connectivity index (χ1v) is 4.83.